The van der Waals surface area contributed by atoms with E-state index in [2.05, 4.69) is 9.98 Å². The molecule has 0 saturated carbocycles. The topological polar surface area (TPSA) is 95.8 Å². The number of nitrogens with zero attached hydrogens (tertiary/aromatic N) is 2. The van der Waals surface area contributed by atoms with Gasteiger partial charge < -0.3 is 18.9 Å². The molecule has 0 N–H and O–H groups in total. The van der Waals surface area contributed by atoms with E-state index in [1.54, 1.807) is 26.3 Å². The van der Waals surface area contributed by atoms with Crippen molar-refractivity contribution < 1.29 is 28.5 Å². The Labute approximate surface area is 246 Å². The quantitative estimate of drug-likeness (QED) is 0.245. The molecule has 0 amide bonds. The van der Waals surface area contributed by atoms with Crippen LogP contribution in [0.4, 0.5) is 0 Å². The average molecular weight is 591 g/mol. The van der Waals surface area contributed by atoms with Gasteiger partial charge >= 0.3 is 11.9 Å². The third-order valence-electron chi connectivity index (χ3n) is 6.28. The predicted molar refractivity (Wildman–Crippen MR) is 163 cm³/mol. The smallest absolute Gasteiger partial charge is 0.348 e. The highest BCUT2D eigenvalue weighted by Crippen LogP contribution is 2.43. The van der Waals surface area contributed by atoms with Crippen LogP contribution in [0.25, 0.3) is 9.40 Å². The van der Waals surface area contributed by atoms with Crippen molar-refractivity contribution in [1.82, 2.24) is 0 Å². The third-order valence-corrected chi connectivity index (χ3v) is 8.80. The molecule has 212 valence electrons. The molecule has 0 unspecified atom stereocenters. The molecule has 1 aliphatic heterocycles. The van der Waals surface area contributed by atoms with Crippen LogP contribution in [0.15, 0.2) is 58.5 Å². The van der Waals surface area contributed by atoms with Gasteiger partial charge in [0.15, 0.2) is 0 Å². The Morgan fingerprint density at radius 2 is 1.22 bits per heavy atom. The summed E-state index contributed by atoms with van der Waals surface area (Å²) in [5, 5.41) is 0.754. The van der Waals surface area contributed by atoms with Crippen molar-refractivity contribution in [3.05, 3.63) is 80.5 Å². The van der Waals surface area contributed by atoms with Gasteiger partial charge in [-0.1, -0.05) is 24.3 Å². The van der Waals surface area contributed by atoms with Gasteiger partial charge in [-0.2, -0.15) is 0 Å². The standard InChI is InChI=1S/C31H30N2O6S2/c1-3-36-29(34)27-22-18-38-24-12-7-5-10-20(24)16-32-14-9-15-33-17-21-11-6-8-13-25(21)39-19-23-26(22)31(40-27)41-28(23)30(35)37-4-2/h5-8,10-13,16-17H,3-4,9,14-15,18-19H2,1-2H3. The van der Waals surface area contributed by atoms with Crippen LogP contribution in [0.1, 0.15) is 61.9 Å². The number of aliphatic imine (C=N–C) groups is 2. The molecule has 0 atom stereocenters. The number of carbonyl (C=O) groups excluding carboxylic acids is 2. The van der Waals surface area contributed by atoms with Gasteiger partial charge in [-0.05, 0) is 44.5 Å². The molecule has 0 saturated heterocycles. The van der Waals surface area contributed by atoms with Crippen LogP contribution in [-0.4, -0.2) is 50.7 Å². The fraction of sp³-hybridized carbons (Fsp3) is 0.290. The van der Waals surface area contributed by atoms with Crippen molar-refractivity contribution in [3.63, 3.8) is 0 Å². The number of hydrogen-bond donors (Lipinski definition) is 0. The summed E-state index contributed by atoms with van der Waals surface area (Å²) in [6, 6.07) is 15.2. The van der Waals surface area contributed by atoms with Gasteiger partial charge in [0, 0.05) is 53.2 Å². The Morgan fingerprint density at radius 1 is 0.756 bits per heavy atom. The van der Waals surface area contributed by atoms with Crippen LogP contribution >= 0.6 is 22.7 Å². The normalized spacial score (nSPS) is 13.7. The number of carbonyl (C=O) groups is 2. The largest absolute Gasteiger partial charge is 0.488 e. The van der Waals surface area contributed by atoms with Gasteiger partial charge in [0.1, 0.15) is 34.5 Å². The highest BCUT2D eigenvalue weighted by molar-refractivity contribution is 7.40. The summed E-state index contributed by atoms with van der Waals surface area (Å²) in [6.07, 6.45) is 4.39. The van der Waals surface area contributed by atoms with E-state index < -0.39 is 11.9 Å². The van der Waals surface area contributed by atoms with Crippen LogP contribution in [0.2, 0.25) is 0 Å². The molecule has 1 aliphatic rings. The number of thiophene rings is 2. The number of hydrogen-bond acceptors (Lipinski definition) is 10. The van der Waals surface area contributed by atoms with Crippen LogP contribution in [0, 0.1) is 0 Å². The number of benzene rings is 2. The zero-order valence-corrected chi connectivity index (χ0v) is 24.5. The maximum atomic E-state index is 13.1. The molecular weight excluding hydrogens is 560 g/mol. The molecule has 0 radical (unpaired) electrons. The Morgan fingerprint density at radius 3 is 1.68 bits per heavy atom. The van der Waals surface area contributed by atoms with Crippen molar-refractivity contribution in [3.8, 4) is 11.5 Å². The summed E-state index contributed by atoms with van der Waals surface area (Å²) >= 11 is 2.58. The van der Waals surface area contributed by atoms with Gasteiger partial charge in [0.25, 0.3) is 0 Å². The van der Waals surface area contributed by atoms with Crippen LogP contribution in [0.5, 0.6) is 11.5 Å². The van der Waals surface area contributed by atoms with E-state index in [0.717, 1.165) is 26.9 Å². The van der Waals surface area contributed by atoms with E-state index in [1.165, 1.54) is 22.7 Å². The molecule has 0 spiro atoms. The fourth-order valence-electron chi connectivity index (χ4n) is 4.40. The van der Waals surface area contributed by atoms with Crippen molar-refractivity contribution in [1.29, 1.82) is 0 Å². The number of fused-ring (bicyclic) bond motifs is 2. The first-order valence-electron chi connectivity index (χ1n) is 13.4. The van der Waals surface area contributed by atoms with Crippen molar-refractivity contribution in [2.45, 2.75) is 33.5 Å². The lowest BCUT2D eigenvalue weighted by Gasteiger charge is -2.13. The maximum Gasteiger partial charge on any atom is 0.348 e. The lowest BCUT2D eigenvalue weighted by Crippen LogP contribution is -2.10. The summed E-state index contributed by atoms with van der Waals surface area (Å²) in [5.41, 5.74) is 2.96. The SMILES string of the molecule is CCOC(=O)c1sc2sc(C(=O)OCC)c3c2c1COc1ccccc1C=NCCCN=Cc1ccccc1OC3. The number of para-hydroxylation sites is 2. The Hall–Kier alpha value is -4.02. The second kappa shape index (κ2) is 13.6. The summed E-state index contributed by atoms with van der Waals surface area (Å²) in [5.74, 6) is 0.416. The molecule has 5 rings (SSSR count). The van der Waals surface area contributed by atoms with Gasteiger partial charge in [0.2, 0.25) is 0 Å². The number of rotatable bonds is 4. The molecular formula is C31H30N2O6S2. The van der Waals surface area contributed by atoms with E-state index in [9.17, 15) is 9.59 Å². The van der Waals surface area contributed by atoms with E-state index in [-0.39, 0.29) is 26.4 Å². The van der Waals surface area contributed by atoms with Gasteiger partial charge in [0.05, 0.1) is 17.2 Å². The average Bonchev–Trinajstić information content (AvgIpc) is 3.52. The van der Waals surface area contributed by atoms with Crippen molar-refractivity contribution in [2.75, 3.05) is 26.3 Å². The molecule has 3 heterocycles. The molecule has 2 aromatic carbocycles. The monoisotopic (exact) mass is 590 g/mol. The zero-order valence-electron chi connectivity index (χ0n) is 22.9. The van der Waals surface area contributed by atoms with E-state index in [0.29, 0.717) is 45.5 Å². The second-order valence-electron chi connectivity index (χ2n) is 9.00. The summed E-state index contributed by atoms with van der Waals surface area (Å²) in [4.78, 5) is 36.2. The number of ether oxygens (including phenoxy) is 4. The minimum Gasteiger partial charge on any atom is -0.488 e. The predicted octanol–water partition coefficient (Wildman–Crippen LogP) is 6.72. The fourth-order valence-corrected chi connectivity index (χ4v) is 6.99. The Bertz CT molecular complexity index is 1490. The summed E-state index contributed by atoms with van der Waals surface area (Å²) < 4.78 is 24.2. The van der Waals surface area contributed by atoms with Gasteiger partial charge in [-0.25, -0.2) is 9.59 Å². The molecule has 10 heteroatoms. The maximum absolute atomic E-state index is 13.1. The lowest BCUT2D eigenvalue weighted by atomic mass is 10.1. The van der Waals surface area contributed by atoms with Crippen molar-refractivity contribution in [2.24, 2.45) is 9.98 Å². The molecule has 2 aromatic heterocycles. The van der Waals surface area contributed by atoms with E-state index in [4.69, 9.17) is 18.9 Å². The van der Waals surface area contributed by atoms with Crippen LogP contribution in [-0.2, 0) is 22.7 Å². The minimum atomic E-state index is -0.428. The van der Waals surface area contributed by atoms with Crippen LogP contribution < -0.4 is 9.47 Å². The first-order chi connectivity index (χ1) is 20.1. The number of esters is 2. The molecule has 0 fully saturated rings. The third kappa shape index (κ3) is 6.49. The Balaban J connectivity index is 1.66. The molecule has 0 bridgehead atoms. The lowest BCUT2D eigenvalue weighted by molar-refractivity contribution is 0.0520. The molecule has 0 aliphatic carbocycles. The highest BCUT2D eigenvalue weighted by atomic mass is 32.2. The van der Waals surface area contributed by atoms with E-state index >= 15 is 0 Å². The van der Waals surface area contributed by atoms with Crippen LogP contribution in [0.3, 0.4) is 0 Å². The van der Waals surface area contributed by atoms with Gasteiger partial charge in [-0.15, -0.1) is 22.7 Å². The molecule has 8 nitrogen and oxygen atoms in total. The Kier molecular flexibility index (Phi) is 9.43. The second-order valence-corrected chi connectivity index (χ2v) is 11.3. The molecule has 4 aromatic rings. The van der Waals surface area contributed by atoms with Gasteiger partial charge in [-0.3, -0.25) is 9.98 Å². The summed E-state index contributed by atoms with van der Waals surface area (Å²) in [7, 11) is 0. The van der Waals surface area contributed by atoms with E-state index in [1.807, 2.05) is 48.5 Å². The molecule has 41 heavy (non-hydrogen) atoms. The highest BCUT2D eigenvalue weighted by Gasteiger charge is 2.29. The summed E-state index contributed by atoms with van der Waals surface area (Å²) in [6.45, 7) is 5.45. The zero-order chi connectivity index (χ0) is 28.6. The first-order valence-corrected chi connectivity index (χ1v) is 15.1. The minimum absolute atomic E-state index is 0.0915. The van der Waals surface area contributed by atoms with Crippen molar-refractivity contribution >= 4 is 56.4 Å². The first kappa shape index (κ1) is 28.5.